The molecule has 1 amide bonds. The molecule has 0 unspecified atom stereocenters. The molecule has 1 heterocycles. The van der Waals surface area contributed by atoms with Gasteiger partial charge in [0.1, 0.15) is 0 Å². The van der Waals surface area contributed by atoms with Gasteiger partial charge in [-0.2, -0.15) is 0 Å². The van der Waals surface area contributed by atoms with E-state index in [1.165, 1.54) is 25.7 Å². The monoisotopic (exact) mass is 196 g/mol. The molecule has 0 radical (unpaired) electrons. The number of carbonyl (C=O) groups excluding carboxylic acids is 1. The van der Waals surface area contributed by atoms with Crippen molar-refractivity contribution in [3.63, 3.8) is 0 Å². The van der Waals surface area contributed by atoms with Crippen LogP contribution in [0.3, 0.4) is 0 Å². The summed E-state index contributed by atoms with van der Waals surface area (Å²) in [6.07, 6.45) is 5.22. The Morgan fingerprint density at radius 3 is 2.36 bits per heavy atom. The van der Waals surface area contributed by atoms with Crippen molar-refractivity contribution in [1.29, 1.82) is 0 Å². The van der Waals surface area contributed by atoms with Gasteiger partial charge >= 0.3 is 0 Å². The van der Waals surface area contributed by atoms with Crippen LogP contribution >= 0.6 is 0 Å². The Hall–Kier alpha value is -0.570. The molecule has 3 heteroatoms. The lowest BCUT2D eigenvalue weighted by molar-refractivity contribution is -0.125. The second-order valence-electron chi connectivity index (χ2n) is 4.89. The fourth-order valence-corrected chi connectivity index (χ4v) is 2.55. The zero-order chi connectivity index (χ0) is 10.1. The predicted molar refractivity (Wildman–Crippen MR) is 55.8 cm³/mol. The fraction of sp³-hybridized carbons (Fsp3) is 0.909. The predicted octanol–water partition coefficient (Wildman–Crippen LogP) is 1.30. The van der Waals surface area contributed by atoms with Gasteiger partial charge < -0.3 is 4.90 Å². The van der Waals surface area contributed by atoms with Crippen molar-refractivity contribution in [1.82, 2.24) is 9.80 Å². The van der Waals surface area contributed by atoms with E-state index in [0.717, 1.165) is 12.6 Å². The molecule has 1 aliphatic heterocycles. The second-order valence-corrected chi connectivity index (χ2v) is 4.89. The third kappa shape index (κ3) is 1.92. The van der Waals surface area contributed by atoms with E-state index in [4.69, 9.17) is 0 Å². The summed E-state index contributed by atoms with van der Waals surface area (Å²) in [7, 11) is 1.90. The molecule has 80 valence electrons. The van der Waals surface area contributed by atoms with Crippen LogP contribution in [0.1, 0.15) is 32.6 Å². The number of amides is 1. The Morgan fingerprint density at radius 2 is 1.86 bits per heavy atom. The lowest BCUT2D eigenvalue weighted by atomic mass is 9.87. The summed E-state index contributed by atoms with van der Waals surface area (Å²) in [4.78, 5) is 15.5. The zero-order valence-corrected chi connectivity index (χ0v) is 9.20. The minimum absolute atomic E-state index is 0.281. The van der Waals surface area contributed by atoms with Crippen molar-refractivity contribution in [3.05, 3.63) is 0 Å². The Bertz CT molecular complexity index is 221. The highest BCUT2D eigenvalue weighted by atomic mass is 16.2. The molecule has 14 heavy (non-hydrogen) atoms. The van der Waals surface area contributed by atoms with Crippen molar-refractivity contribution in [2.24, 2.45) is 5.92 Å². The molecule has 2 fully saturated rings. The van der Waals surface area contributed by atoms with E-state index in [2.05, 4.69) is 11.8 Å². The van der Waals surface area contributed by atoms with Gasteiger partial charge in [-0.1, -0.05) is 6.92 Å². The fourth-order valence-electron chi connectivity index (χ4n) is 2.55. The van der Waals surface area contributed by atoms with Gasteiger partial charge in [-0.15, -0.1) is 0 Å². The summed E-state index contributed by atoms with van der Waals surface area (Å²) < 4.78 is 0. The van der Waals surface area contributed by atoms with Crippen molar-refractivity contribution >= 4 is 5.91 Å². The summed E-state index contributed by atoms with van der Waals surface area (Å²) in [6, 6.07) is 0.667. The first-order valence-corrected chi connectivity index (χ1v) is 5.65. The van der Waals surface area contributed by atoms with E-state index >= 15 is 0 Å². The SMILES string of the molecule is CC1CCC(N2CC(=O)N(C)C2)CC1. The van der Waals surface area contributed by atoms with Crippen LogP contribution in [0.25, 0.3) is 0 Å². The average Bonchev–Trinajstić information content (AvgIpc) is 2.48. The summed E-state index contributed by atoms with van der Waals surface area (Å²) >= 11 is 0. The van der Waals surface area contributed by atoms with E-state index in [1.807, 2.05) is 11.9 Å². The smallest absolute Gasteiger partial charge is 0.237 e. The van der Waals surface area contributed by atoms with Gasteiger partial charge in [-0.25, -0.2) is 0 Å². The van der Waals surface area contributed by atoms with Crippen LogP contribution < -0.4 is 0 Å². The van der Waals surface area contributed by atoms with Crippen molar-refractivity contribution in [2.75, 3.05) is 20.3 Å². The van der Waals surface area contributed by atoms with Crippen LogP contribution in [0.5, 0.6) is 0 Å². The molecule has 2 rings (SSSR count). The highest BCUT2D eigenvalue weighted by Gasteiger charge is 2.31. The minimum atomic E-state index is 0.281. The quantitative estimate of drug-likeness (QED) is 0.631. The Labute approximate surface area is 86.1 Å². The molecule has 1 aliphatic carbocycles. The molecule has 1 saturated carbocycles. The number of rotatable bonds is 1. The van der Waals surface area contributed by atoms with E-state index in [9.17, 15) is 4.79 Å². The molecule has 3 nitrogen and oxygen atoms in total. The molecular formula is C11H20N2O. The number of nitrogens with zero attached hydrogens (tertiary/aromatic N) is 2. The second kappa shape index (κ2) is 3.89. The number of hydrogen-bond donors (Lipinski definition) is 0. The molecule has 0 aromatic carbocycles. The first-order valence-electron chi connectivity index (χ1n) is 5.65. The molecule has 0 atom stereocenters. The van der Waals surface area contributed by atoms with Crippen molar-refractivity contribution < 1.29 is 4.79 Å². The molecule has 2 aliphatic rings. The normalized spacial score (nSPS) is 35.3. The summed E-state index contributed by atoms with van der Waals surface area (Å²) in [5.74, 6) is 1.17. The molecular weight excluding hydrogens is 176 g/mol. The maximum atomic E-state index is 11.4. The third-order valence-electron chi connectivity index (χ3n) is 3.66. The number of likely N-dealkylation sites (N-methyl/N-ethyl adjacent to an activating group) is 1. The van der Waals surface area contributed by atoms with Crippen LogP contribution in [0.4, 0.5) is 0 Å². The number of carbonyl (C=O) groups is 1. The van der Waals surface area contributed by atoms with E-state index in [0.29, 0.717) is 12.6 Å². The first kappa shape index (κ1) is 9.97. The number of hydrogen-bond acceptors (Lipinski definition) is 2. The lowest BCUT2D eigenvalue weighted by Crippen LogP contribution is -2.37. The van der Waals surface area contributed by atoms with Gasteiger partial charge in [0.15, 0.2) is 0 Å². The summed E-state index contributed by atoms with van der Waals surface area (Å²) in [6.45, 7) is 3.82. The topological polar surface area (TPSA) is 23.6 Å². The van der Waals surface area contributed by atoms with Gasteiger partial charge in [-0.05, 0) is 31.6 Å². The van der Waals surface area contributed by atoms with Gasteiger partial charge in [0.05, 0.1) is 13.2 Å². The Morgan fingerprint density at radius 1 is 1.21 bits per heavy atom. The van der Waals surface area contributed by atoms with Gasteiger partial charge in [0, 0.05) is 13.1 Å². The molecule has 0 spiro atoms. The summed E-state index contributed by atoms with van der Waals surface area (Å²) in [5, 5.41) is 0. The zero-order valence-electron chi connectivity index (χ0n) is 9.20. The lowest BCUT2D eigenvalue weighted by Gasteiger charge is -2.32. The molecule has 0 N–H and O–H groups in total. The molecule has 0 aromatic heterocycles. The van der Waals surface area contributed by atoms with Crippen LogP contribution in [-0.4, -0.2) is 42.0 Å². The van der Waals surface area contributed by atoms with Crippen molar-refractivity contribution in [2.45, 2.75) is 38.6 Å². The third-order valence-corrected chi connectivity index (χ3v) is 3.66. The Kier molecular flexibility index (Phi) is 2.77. The highest BCUT2D eigenvalue weighted by molar-refractivity contribution is 5.79. The van der Waals surface area contributed by atoms with E-state index in [-0.39, 0.29) is 5.91 Å². The standard InChI is InChI=1S/C11H20N2O/c1-9-3-5-10(6-4-9)13-7-11(14)12(2)8-13/h9-10H,3-8H2,1-2H3. The van der Waals surface area contributed by atoms with Crippen LogP contribution in [-0.2, 0) is 4.79 Å². The minimum Gasteiger partial charge on any atom is -0.332 e. The highest BCUT2D eigenvalue weighted by Crippen LogP contribution is 2.28. The molecule has 0 bridgehead atoms. The van der Waals surface area contributed by atoms with E-state index in [1.54, 1.807) is 0 Å². The maximum absolute atomic E-state index is 11.4. The molecule has 1 saturated heterocycles. The largest absolute Gasteiger partial charge is 0.332 e. The van der Waals surface area contributed by atoms with Gasteiger partial charge in [-0.3, -0.25) is 9.69 Å². The van der Waals surface area contributed by atoms with Crippen LogP contribution in [0, 0.1) is 5.92 Å². The first-order chi connectivity index (χ1) is 6.66. The molecule has 0 aromatic rings. The van der Waals surface area contributed by atoms with Crippen LogP contribution in [0.15, 0.2) is 0 Å². The van der Waals surface area contributed by atoms with Gasteiger partial charge in [0.25, 0.3) is 0 Å². The maximum Gasteiger partial charge on any atom is 0.237 e. The van der Waals surface area contributed by atoms with Crippen molar-refractivity contribution in [3.8, 4) is 0 Å². The van der Waals surface area contributed by atoms with E-state index < -0.39 is 0 Å². The summed E-state index contributed by atoms with van der Waals surface area (Å²) in [5.41, 5.74) is 0. The van der Waals surface area contributed by atoms with Crippen LogP contribution in [0.2, 0.25) is 0 Å². The Balaban J connectivity index is 1.88. The van der Waals surface area contributed by atoms with Gasteiger partial charge in [0.2, 0.25) is 5.91 Å². The average molecular weight is 196 g/mol.